The maximum atomic E-state index is 11.6. The molecule has 1 N–H and O–H groups in total. The number of carboxylic acids is 1. The molecular weight excluding hydrogens is 260 g/mol. The second kappa shape index (κ2) is 5.40. The average molecular weight is 278 g/mol. The van der Waals surface area contributed by atoms with Crippen LogP contribution in [0, 0.1) is 5.92 Å². The fourth-order valence-corrected chi connectivity index (χ4v) is 2.09. The first kappa shape index (κ1) is 14.2. The number of carbonyl (C=O) groups is 2. The highest BCUT2D eigenvalue weighted by molar-refractivity contribution is 5.97. The maximum absolute atomic E-state index is 11.6. The second-order valence-electron chi connectivity index (χ2n) is 5.01. The topological polar surface area (TPSA) is 70.1 Å². The Morgan fingerprint density at radius 1 is 1.55 bits per heavy atom. The molecule has 1 heterocycles. The van der Waals surface area contributed by atoms with Gasteiger partial charge in [-0.25, -0.2) is 0 Å². The van der Waals surface area contributed by atoms with E-state index in [2.05, 4.69) is 0 Å². The van der Waals surface area contributed by atoms with Gasteiger partial charge in [-0.3, -0.25) is 9.59 Å². The summed E-state index contributed by atoms with van der Waals surface area (Å²) in [4.78, 5) is 25.9. The van der Waals surface area contributed by atoms with Crippen molar-refractivity contribution in [3.63, 3.8) is 0 Å². The summed E-state index contributed by atoms with van der Waals surface area (Å²) in [5, 5.41) is 8.95. The molecule has 0 spiro atoms. The van der Waals surface area contributed by atoms with Crippen LogP contribution in [0.4, 0.5) is 11.4 Å². The minimum absolute atomic E-state index is 0.0503. The summed E-state index contributed by atoms with van der Waals surface area (Å²) in [6.07, 6.45) is 0. The third kappa shape index (κ3) is 2.68. The SMILES string of the molecule is CC(CN(C)c1ccc2c(c1)N(C)C(=O)CO2)C(=O)O. The van der Waals surface area contributed by atoms with Gasteiger partial charge in [0.1, 0.15) is 5.75 Å². The number of benzene rings is 1. The van der Waals surface area contributed by atoms with E-state index < -0.39 is 11.9 Å². The molecule has 20 heavy (non-hydrogen) atoms. The molecule has 0 radical (unpaired) electrons. The van der Waals surface area contributed by atoms with E-state index in [1.54, 1.807) is 24.9 Å². The van der Waals surface area contributed by atoms with Gasteiger partial charge in [-0.05, 0) is 18.2 Å². The summed E-state index contributed by atoms with van der Waals surface area (Å²) in [5.41, 5.74) is 1.55. The third-order valence-electron chi connectivity index (χ3n) is 3.44. The number of hydrogen-bond donors (Lipinski definition) is 1. The lowest BCUT2D eigenvalue weighted by atomic mass is 10.1. The highest BCUT2D eigenvalue weighted by Crippen LogP contribution is 2.34. The van der Waals surface area contributed by atoms with Gasteiger partial charge in [-0.2, -0.15) is 0 Å². The number of rotatable bonds is 4. The zero-order valence-corrected chi connectivity index (χ0v) is 11.8. The van der Waals surface area contributed by atoms with Crippen LogP contribution in [0.2, 0.25) is 0 Å². The number of nitrogens with zero attached hydrogens (tertiary/aromatic N) is 2. The molecule has 6 nitrogen and oxygen atoms in total. The van der Waals surface area contributed by atoms with Crippen LogP contribution >= 0.6 is 0 Å². The molecule has 1 amide bonds. The zero-order chi connectivity index (χ0) is 14.9. The molecule has 1 atom stereocenters. The Bertz CT molecular complexity index is 544. The standard InChI is InChI=1S/C14H18N2O4/c1-9(14(18)19)7-15(2)10-4-5-12-11(6-10)16(3)13(17)8-20-12/h4-6,9H,7-8H2,1-3H3,(H,18,19). The molecule has 108 valence electrons. The van der Waals surface area contributed by atoms with Gasteiger partial charge in [0.05, 0.1) is 11.6 Å². The normalized spacial score (nSPS) is 15.3. The molecular formula is C14H18N2O4. The van der Waals surface area contributed by atoms with Gasteiger partial charge in [0.2, 0.25) is 0 Å². The van der Waals surface area contributed by atoms with Crippen molar-refractivity contribution >= 4 is 23.3 Å². The minimum Gasteiger partial charge on any atom is -0.482 e. The van der Waals surface area contributed by atoms with Crippen LogP contribution in [0.5, 0.6) is 5.75 Å². The van der Waals surface area contributed by atoms with E-state index in [4.69, 9.17) is 9.84 Å². The minimum atomic E-state index is -0.828. The van der Waals surface area contributed by atoms with Crippen molar-refractivity contribution in [1.82, 2.24) is 0 Å². The van der Waals surface area contributed by atoms with Gasteiger partial charge in [0.15, 0.2) is 6.61 Å². The molecule has 0 bridgehead atoms. The van der Waals surface area contributed by atoms with Crippen molar-refractivity contribution in [2.24, 2.45) is 5.92 Å². The van der Waals surface area contributed by atoms with Crippen LogP contribution in [0.1, 0.15) is 6.92 Å². The highest BCUT2D eigenvalue weighted by atomic mass is 16.5. The van der Waals surface area contributed by atoms with Crippen molar-refractivity contribution < 1.29 is 19.4 Å². The summed E-state index contributed by atoms with van der Waals surface area (Å²) in [7, 11) is 3.53. The van der Waals surface area contributed by atoms with Crippen LogP contribution in [-0.4, -0.2) is 44.2 Å². The number of hydrogen-bond acceptors (Lipinski definition) is 4. The van der Waals surface area contributed by atoms with Crippen LogP contribution in [0.15, 0.2) is 18.2 Å². The summed E-state index contributed by atoms with van der Waals surface area (Å²) in [5.74, 6) is -0.733. The average Bonchev–Trinajstić information content (AvgIpc) is 2.42. The Kier molecular flexibility index (Phi) is 3.83. The lowest BCUT2D eigenvalue weighted by Crippen LogP contribution is -2.35. The van der Waals surface area contributed by atoms with Gasteiger partial charge in [0, 0.05) is 26.3 Å². The molecule has 2 rings (SSSR count). The molecule has 1 aromatic rings. The number of carbonyl (C=O) groups excluding carboxylic acids is 1. The first-order valence-electron chi connectivity index (χ1n) is 6.37. The van der Waals surface area contributed by atoms with Crippen LogP contribution in [0.25, 0.3) is 0 Å². The van der Waals surface area contributed by atoms with Gasteiger partial charge in [-0.1, -0.05) is 6.92 Å². The van der Waals surface area contributed by atoms with Crippen molar-refractivity contribution in [3.8, 4) is 5.75 Å². The zero-order valence-electron chi connectivity index (χ0n) is 11.8. The summed E-state index contributed by atoms with van der Waals surface area (Å²) < 4.78 is 5.36. The van der Waals surface area contributed by atoms with Crippen molar-refractivity contribution in [2.45, 2.75) is 6.92 Å². The van der Waals surface area contributed by atoms with E-state index in [9.17, 15) is 9.59 Å². The Morgan fingerprint density at radius 3 is 2.90 bits per heavy atom. The van der Waals surface area contributed by atoms with E-state index in [1.807, 2.05) is 24.1 Å². The van der Waals surface area contributed by atoms with Crippen molar-refractivity contribution in [3.05, 3.63) is 18.2 Å². The maximum Gasteiger partial charge on any atom is 0.308 e. The van der Waals surface area contributed by atoms with Crippen molar-refractivity contribution in [2.75, 3.05) is 37.0 Å². The second-order valence-corrected chi connectivity index (χ2v) is 5.01. The summed E-state index contributed by atoms with van der Waals surface area (Å²) in [6.45, 7) is 2.11. The molecule has 0 aliphatic carbocycles. The molecule has 0 saturated heterocycles. The molecule has 6 heteroatoms. The lowest BCUT2D eigenvalue weighted by molar-refractivity contribution is -0.140. The van der Waals surface area contributed by atoms with Gasteiger partial charge < -0.3 is 19.6 Å². The number of carboxylic acid groups (broad SMARTS) is 1. The smallest absolute Gasteiger partial charge is 0.308 e. The number of likely N-dealkylation sites (N-methyl/N-ethyl adjacent to an activating group) is 1. The molecule has 1 aliphatic heterocycles. The fourth-order valence-electron chi connectivity index (χ4n) is 2.09. The van der Waals surface area contributed by atoms with Crippen molar-refractivity contribution in [1.29, 1.82) is 0 Å². The monoisotopic (exact) mass is 278 g/mol. The van der Waals surface area contributed by atoms with E-state index in [0.717, 1.165) is 5.69 Å². The van der Waals surface area contributed by atoms with E-state index in [-0.39, 0.29) is 12.5 Å². The number of ether oxygens (including phenoxy) is 1. The van der Waals surface area contributed by atoms with Gasteiger partial charge in [0.25, 0.3) is 5.91 Å². The Hall–Kier alpha value is -2.24. The molecule has 0 aromatic heterocycles. The van der Waals surface area contributed by atoms with E-state index >= 15 is 0 Å². The van der Waals surface area contributed by atoms with E-state index in [0.29, 0.717) is 18.0 Å². The summed E-state index contributed by atoms with van der Waals surface area (Å²) >= 11 is 0. The Morgan fingerprint density at radius 2 is 2.25 bits per heavy atom. The molecule has 0 saturated carbocycles. The van der Waals surface area contributed by atoms with Crippen LogP contribution in [0.3, 0.4) is 0 Å². The Balaban J connectivity index is 2.22. The number of fused-ring (bicyclic) bond motifs is 1. The van der Waals surface area contributed by atoms with Crippen LogP contribution < -0.4 is 14.5 Å². The molecule has 1 unspecified atom stereocenters. The fraction of sp³-hybridized carbons (Fsp3) is 0.429. The summed E-state index contributed by atoms with van der Waals surface area (Å²) in [6, 6.07) is 5.49. The molecule has 1 aromatic carbocycles. The van der Waals surface area contributed by atoms with Gasteiger partial charge >= 0.3 is 5.97 Å². The quantitative estimate of drug-likeness (QED) is 0.896. The third-order valence-corrected chi connectivity index (χ3v) is 3.44. The first-order valence-corrected chi connectivity index (χ1v) is 6.37. The highest BCUT2D eigenvalue weighted by Gasteiger charge is 2.23. The predicted molar refractivity (Wildman–Crippen MR) is 75.4 cm³/mol. The molecule has 1 aliphatic rings. The number of amides is 1. The van der Waals surface area contributed by atoms with Crippen LogP contribution in [-0.2, 0) is 9.59 Å². The van der Waals surface area contributed by atoms with Gasteiger partial charge in [-0.15, -0.1) is 0 Å². The number of aliphatic carboxylic acids is 1. The lowest BCUT2D eigenvalue weighted by Gasteiger charge is -2.28. The van der Waals surface area contributed by atoms with E-state index in [1.165, 1.54) is 0 Å². The predicted octanol–water partition coefficient (Wildman–Crippen LogP) is 1.20. The largest absolute Gasteiger partial charge is 0.482 e. The first-order chi connectivity index (χ1) is 9.40. The molecule has 0 fully saturated rings. The number of anilines is 2. The Labute approximate surface area is 117 Å².